The van der Waals surface area contributed by atoms with Crippen LogP contribution in [0.4, 0.5) is 8.78 Å². The lowest BCUT2D eigenvalue weighted by molar-refractivity contribution is -0.135. The molecule has 0 aliphatic heterocycles. The van der Waals surface area contributed by atoms with Crippen LogP contribution < -0.4 is 10.1 Å². The first-order valence-electron chi connectivity index (χ1n) is 4.60. The largest absolute Gasteiger partial charge is 0.492 e. The van der Waals surface area contributed by atoms with Crippen LogP contribution in [0.25, 0.3) is 0 Å². The van der Waals surface area contributed by atoms with E-state index in [-0.39, 0.29) is 18.9 Å². The zero-order chi connectivity index (χ0) is 12.0. The van der Waals surface area contributed by atoms with Gasteiger partial charge in [0.1, 0.15) is 12.4 Å². The molecule has 1 aromatic rings. The Morgan fingerprint density at radius 1 is 1.38 bits per heavy atom. The van der Waals surface area contributed by atoms with Crippen LogP contribution in [0.1, 0.15) is 0 Å². The van der Waals surface area contributed by atoms with E-state index >= 15 is 0 Å². The quantitative estimate of drug-likeness (QED) is 0.717. The maximum absolute atomic E-state index is 12.7. The summed E-state index contributed by atoms with van der Waals surface area (Å²) in [5.41, 5.74) is 0. The number of carbonyl (C=O) groups is 1. The van der Waals surface area contributed by atoms with Crippen LogP contribution in [0.2, 0.25) is 0 Å². The zero-order valence-corrected chi connectivity index (χ0v) is 8.37. The van der Waals surface area contributed by atoms with Gasteiger partial charge in [0.15, 0.2) is 11.6 Å². The fourth-order valence-electron chi connectivity index (χ4n) is 1.00. The van der Waals surface area contributed by atoms with E-state index in [0.29, 0.717) is 6.54 Å². The summed E-state index contributed by atoms with van der Waals surface area (Å²) in [6.45, 7) is 0.324. The van der Waals surface area contributed by atoms with E-state index in [1.54, 1.807) is 0 Å². The molecule has 2 N–H and O–H groups in total. The molecule has 0 aliphatic rings. The second kappa shape index (κ2) is 6.02. The summed E-state index contributed by atoms with van der Waals surface area (Å²) in [4.78, 5) is 10.1. The maximum Gasteiger partial charge on any atom is 0.317 e. The van der Waals surface area contributed by atoms with Gasteiger partial charge >= 0.3 is 5.97 Å². The van der Waals surface area contributed by atoms with E-state index in [0.717, 1.165) is 12.1 Å². The predicted molar refractivity (Wildman–Crippen MR) is 52.4 cm³/mol. The molecule has 0 spiro atoms. The highest BCUT2D eigenvalue weighted by molar-refractivity contribution is 5.68. The lowest BCUT2D eigenvalue weighted by Crippen LogP contribution is -2.26. The van der Waals surface area contributed by atoms with Gasteiger partial charge in [-0.15, -0.1) is 0 Å². The summed E-state index contributed by atoms with van der Waals surface area (Å²) >= 11 is 0. The van der Waals surface area contributed by atoms with Crippen LogP contribution in [-0.2, 0) is 4.79 Å². The Kier molecular flexibility index (Phi) is 4.65. The minimum absolute atomic E-state index is 0.166. The van der Waals surface area contributed by atoms with Crippen molar-refractivity contribution in [3.05, 3.63) is 29.8 Å². The van der Waals surface area contributed by atoms with Gasteiger partial charge in [0.2, 0.25) is 0 Å². The van der Waals surface area contributed by atoms with Gasteiger partial charge < -0.3 is 15.2 Å². The molecule has 0 bridgehead atoms. The number of nitrogens with one attached hydrogen (secondary N) is 1. The summed E-state index contributed by atoms with van der Waals surface area (Å²) in [7, 11) is 0. The molecule has 1 rings (SSSR count). The van der Waals surface area contributed by atoms with Crippen molar-refractivity contribution in [3.63, 3.8) is 0 Å². The molecule has 0 amide bonds. The summed E-state index contributed by atoms with van der Waals surface area (Å²) in [5.74, 6) is -2.67. The summed E-state index contributed by atoms with van der Waals surface area (Å²) in [5, 5.41) is 10.9. The number of carboxylic acids is 1. The smallest absolute Gasteiger partial charge is 0.317 e. The van der Waals surface area contributed by atoms with Gasteiger partial charge in [0, 0.05) is 12.6 Å². The monoisotopic (exact) mass is 231 g/mol. The average molecular weight is 231 g/mol. The Morgan fingerprint density at radius 3 is 2.75 bits per heavy atom. The summed E-state index contributed by atoms with van der Waals surface area (Å²) < 4.78 is 30.3. The highest BCUT2D eigenvalue weighted by atomic mass is 19.2. The Balaban J connectivity index is 2.27. The first-order chi connectivity index (χ1) is 7.59. The van der Waals surface area contributed by atoms with Crippen LogP contribution >= 0.6 is 0 Å². The second-order valence-corrected chi connectivity index (χ2v) is 2.99. The molecule has 0 aliphatic carbocycles. The van der Waals surface area contributed by atoms with E-state index < -0.39 is 17.6 Å². The predicted octanol–water partition coefficient (Wildman–Crippen LogP) is 1.02. The molecule has 6 heteroatoms. The van der Waals surface area contributed by atoms with Crippen molar-refractivity contribution in [2.75, 3.05) is 19.7 Å². The summed E-state index contributed by atoms with van der Waals surface area (Å²) in [6, 6.07) is 3.21. The number of carboxylic acid groups (broad SMARTS) is 1. The van der Waals surface area contributed by atoms with Gasteiger partial charge in [0.25, 0.3) is 0 Å². The highest BCUT2D eigenvalue weighted by Crippen LogP contribution is 2.14. The van der Waals surface area contributed by atoms with Crippen molar-refractivity contribution in [1.29, 1.82) is 0 Å². The molecule has 0 aromatic heterocycles. The standard InChI is InChI=1S/C10H11F2NO3/c11-8-2-1-7(5-9(8)12)16-4-3-13-6-10(14)15/h1-2,5,13H,3-4,6H2,(H,14,15). The number of ether oxygens (including phenoxy) is 1. The Labute approximate surface area is 90.8 Å². The second-order valence-electron chi connectivity index (χ2n) is 2.99. The first kappa shape index (κ1) is 12.4. The number of rotatable bonds is 6. The van der Waals surface area contributed by atoms with Gasteiger partial charge in [-0.05, 0) is 12.1 Å². The number of benzene rings is 1. The fraction of sp³-hybridized carbons (Fsp3) is 0.300. The van der Waals surface area contributed by atoms with Crippen LogP contribution in [0.5, 0.6) is 5.75 Å². The third-order valence-corrected chi connectivity index (χ3v) is 1.71. The van der Waals surface area contributed by atoms with Crippen molar-refractivity contribution in [2.24, 2.45) is 0 Å². The van der Waals surface area contributed by atoms with E-state index in [1.807, 2.05) is 0 Å². The van der Waals surface area contributed by atoms with Gasteiger partial charge in [0.05, 0.1) is 6.54 Å². The maximum atomic E-state index is 12.7. The van der Waals surface area contributed by atoms with Crippen LogP contribution in [0.15, 0.2) is 18.2 Å². The number of hydrogen-bond acceptors (Lipinski definition) is 3. The molecule has 0 heterocycles. The molecule has 0 fully saturated rings. The minimum atomic E-state index is -0.976. The summed E-state index contributed by atoms with van der Waals surface area (Å²) in [6.07, 6.45) is 0. The van der Waals surface area contributed by atoms with E-state index in [9.17, 15) is 13.6 Å². The molecule has 1 aromatic carbocycles. The average Bonchev–Trinajstić information content (AvgIpc) is 2.22. The normalized spacial score (nSPS) is 10.1. The zero-order valence-electron chi connectivity index (χ0n) is 8.37. The van der Waals surface area contributed by atoms with Crippen LogP contribution in [-0.4, -0.2) is 30.8 Å². The topological polar surface area (TPSA) is 58.6 Å². The van der Waals surface area contributed by atoms with Crippen LogP contribution in [0, 0.1) is 11.6 Å². The fourth-order valence-corrected chi connectivity index (χ4v) is 1.00. The molecular formula is C10H11F2NO3. The Bertz CT molecular complexity index is 371. The molecule has 4 nitrogen and oxygen atoms in total. The van der Waals surface area contributed by atoms with Crippen molar-refractivity contribution in [3.8, 4) is 5.75 Å². The molecule has 88 valence electrons. The van der Waals surface area contributed by atoms with E-state index in [4.69, 9.17) is 9.84 Å². The highest BCUT2D eigenvalue weighted by Gasteiger charge is 2.02. The first-order valence-corrected chi connectivity index (χ1v) is 4.60. The lowest BCUT2D eigenvalue weighted by Gasteiger charge is -2.06. The molecule has 0 atom stereocenters. The Morgan fingerprint density at radius 2 is 2.12 bits per heavy atom. The van der Waals surface area contributed by atoms with Crippen molar-refractivity contribution in [2.45, 2.75) is 0 Å². The van der Waals surface area contributed by atoms with Crippen molar-refractivity contribution >= 4 is 5.97 Å². The molecule has 16 heavy (non-hydrogen) atoms. The number of halogens is 2. The molecular weight excluding hydrogens is 220 g/mol. The van der Waals surface area contributed by atoms with Gasteiger partial charge in [-0.2, -0.15) is 0 Å². The number of hydrogen-bond donors (Lipinski definition) is 2. The molecule has 0 radical (unpaired) electrons. The van der Waals surface area contributed by atoms with Crippen molar-refractivity contribution in [1.82, 2.24) is 5.32 Å². The SMILES string of the molecule is O=C(O)CNCCOc1ccc(F)c(F)c1. The number of aliphatic carboxylic acids is 1. The third-order valence-electron chi connectivity index (χ3n) is 1.71. The molecule has 0 saturated heterocycles. The van der Waals surface area contributed by atoms with Gasteiger partial charge in [-0.25, -0.2) is 8.78 Å². The molecule has 0 saturated carbocycles. The Hall–Kier alpha value is -1.69. The van der Waals surface area contributed by atoms with Gasteiger partial charge in [-0.3, -0.25) is 4.79 Å². The van der Waals surface area contributed by atoms with Crippen LogP contribution in [0.3, 0.4) is 0 Å². The third kappa shape index (κ3) is 4.22. The van der Waals surface area contributed by atoms with E-state index in [2.05, 4.69) is 5.32 Å². The minimum Gasteiger partial charge on any atom is -0.492 e. The van der Waals surface area contributed by atoms with Crippen molar-refractivity contribution < 1.29 is 23.4 Å². The van der Waals surface area contributed by atoms with Gasteiger partial charge in [-0.1, -0.05) is 0 Å². The lowest BCUT2D eigenvalue weighted by atomic mass is 10.3. The van der Waals surface area contributed by atoms with E-state index in [1.165, 1.54) is 6.07 Å². The molecule has 0 unspecified atom stereocenters.